The number of carbonyl (C=O) groups is 1. The third kappa shape index (κ3) is 5.78. The first-order valence-corrected chi connectivity index (χ1v) is 12.1. The summed E-state index contributed by atoms with van der Waals surface area (Å²) in [6.45, 7) is 3.39. The standard InChI is InChI=1S/C21H24N2O5S2/c1-3-28-17-9-10-18-19(13-17)29-21(23(18)11-12-27-2)22-20(24)15-30(25,26)14-16-7-5-4-6-8-16/h4-10,13H,3,11-12,14-15H2,1-2H3. The third-order valence-corrected chi connectivity index (χ3v) is 6.78. The van der Waals surface area contributed by atoms with Crippen LogP contribution in [0.25, 0.3) is 10.2 Å². The Morgan fingerprint density at radius 1 is 1.17 bits per heavy atom. The van der Waals surface area contributed by atoms with Crippen LogP contribution in [-0.4, -0.2) is 45.0 Å². The van der Waals surface area contributed by atoms with Crippen LogP contribution in [0, 0.1) is 0 Å². The van der Waals surface area contributed by atoms with Gasteiger partial charge in [-0.2, -0.15) is 4.99 Å². The summed E-state index contributed by atoms with van der Waals surface area (Å²) in [5.41, 5.74) is 1.53. The van der Waals surface area contributed by atoms with E-state index < -0.39 is 21.5 Å². The summed E-state index contributed by atoms with van der Waals surface area (Å²) in [7, 11) is -2.02. The fraction of sp³-hybridized carbons (Fsp3) is 0.333. The molecule has 3 aromatic rings. The molecular formula is C21H24N2O5S2. The van der Waals surface area contributed by atoms with Crippen LogP contribution in [0.3, 0.4) is 0 Å². The molecule has 1 aromatic heterocycles. The summed E-state index contributed by atoms with van der Waals surface area (Å²) in [6, 6.07) is 14.4. The fourth-order valence-corrected chi connectivity index (χ4v) is 5.35. The molecule has 0 unspecified atom stereocenters. The molecule has 30 heavy (non-hydrogen) atoms. The van der Waals surface area contributed by atoms with Gasteiger partial charge in [0.2, 0.25) is 0 Å². The fourth-order valence-electron chi connectivity index (χ4n) is 3.00. The molecule has 3 rings (SSSR count). The van der Waals surface area contributed by atoms with Gasteiger partial charge in [-0.25, -0.2) is 8.42 Å². The number of sulfone groups is 1. The first kappa shape index (κ1) is 22.2. The lowest BCUT2D eigenvalue weighted by Gasteiger charge is -2.06. The first-order chi connectivity index (χ1) is 14.4. The third-order valence-electron chi connectivity index (χ3n) is 4.28. The van der Waals surface area contributed by atoms with Crippen molar-refractivity contribution in [2.75, 3.05) is 26.1 Å². The van der Waals surface area contributed by atoms with E-state index >= 15 is 0 Å². The Hall–Kier alpha value is -2.49. The van der Waals surface area contributed by atoms with Crippen LogP contribution in [0.15, 0.2) is 53.5 Å². The van der Waals surface area contributed by atoms with Crippen LogP contribution in [-0.2, 0) is 31.7 Å². The van der Waals surface area contributed by atoms with Gasteiger partial charge in [0.25, 0.3) is 5.91 Å². The molecular weight excluding hydrogens is 424 g/mol. The predicted octanol–water partition coefficient (Wildman–Crippen LogP) is 2.79. The summed E-state index contributed by atoms with van der Waals surface area (Å²) < 4.78 is 38.3. The molecule has 7 nitrogen and oxygen atoms in total. The zero-order valence-electron chi connectivity index (χ0n) is 16.9. The van der Waals surface area contributed by atoms with Crippen LogP contribution in [0.2, 0.25) is 0 Å². The smallest absolute Gasteiger partial charge is 0.263 e. The number of fused-ring (bicyclic) bond motifs is 1. The molecule has 160 valence electrons. The SMILES string of the molecule is CCOc1ccc2c(c1)sc(=NC(=O)CS(=O)(=O)Cc1ccccc1)n2CCOC. The second kappa shape index (κ2) is 10.0. The van der Waals surface area contributed by atoms with Gasteiger partial charge >= 0.3 is 0 Å². The van der Waals surface area contributed by atoms with E-state index in [1.165, 1.54) is 11.3 Å². The normalized spacial score (nSPS) is 12.4. The number of amides is 1. The maximum Gasteiger partial charge on any atom is 0.263 e. The zero-order chi connectivity index (χ0) is 21.6. The van der Waals surface area contributed by atoms with Crippen molar-refractivity contribution < 1.29 is 22.7 Å². The van der Waals surface area contributed by atoms with Gasteiger partial charge in [-0.05, 0) is 30.7 Å². The Morgan fingerprint density at radius 3 is 2.63 bits per heavy atom. The molecule has 1 amide bonds. The highest BCUT2D eigenvalue weighted by molar-refractivity contribution is 7.91. The van der Waals surface area contributed by atoms with E-state index in [9.17, 15) is 13.2 Å². The number of carbonyl (C=O) groups excluding carboxylic acids is 1. The number of hydrogen-bond acceptors (Lipinski definition) is 6. The van der Waals surface area contributed by atoms with Crippen LogP contribution in [0.1, 0.15) is 12.5 Å². The van der Waals surface area contributed by atoms with Gasteiger partial charge in [0.15, 0.2) is 14.6 Å². The maximum absolute atomic E-state index is 12.5. The molecule has 1 heterocycles. The molecule has 0 aliphatic rings. The Balaban J connectivity index is 1.90. The minimum Gasteiger partial charge on any atom is -0.494 e. The highest BCUT2D eigenvalue weighted by Gasteiger charge is 2.18. The number of rotatable bonds is 9. The largest absolute Gasteiger partial charge is 0.494 e. The Morgan fingerprint density at radius 2 is 1.93 bits per heavy atom. The summed E-state index contributed by atoms with van der Waals surface area (Å²) in [5.74, 6) is -0.782. The topological polar surface area (TPSA) is 87.0 Å². The minimum absolute atomic E-state index is 0.192. The lowest BCUT2D eigenvalue weighted by molar-refractivity contribution is -0.115. The van der Waals surface area contributed by atoms with Crippen LogP contribution < -0.4 is 9.54 Å². The van der Waals surface area contributed by atoms with E-state index in [2.05, 4.69) is 4.99 Å². The summed E-state index contributed by atoms with van der Waals surface area (Å²) in [6.07, 6.45) is 0. The van der Waals surface area contributed by atoms with Crippen molar-refractivity contribution in [3.8, 4) is 5.75 Å². The molecule has 0 saturated heterocycles. The Kier molecular flexibility index (Phi) is 7.41. The van der Waals surface area contributed by atoms with E-state index in [0.29, 0.717) is 30.1 Å². The van der Waals surface area contributed by atoms with E-state index in [-0.39, 0.29) is 5.75 Å². The molecule has 0 saturated carbocycles. The molecule has 0 spiro atoms. The van der Waals surface area contributed by atoms with Crippen molar-refractivity contribution in [3.63, 3.8) is 0 Å². The van der Waals surface area contributed by atoms with Crippen molar-refractivity contribution >= 4 is 37.3 Å². The molecule has 2 aromatic carbocycles. The minimum atomic E-state index is -3.62. The van der Waals surface area contributed by atoms with E-state index in [1.807, 2.05) is 35.8 Å². The number of aromatic nitrogens is 1. The number of thiazole rings is 1. The van der Waals surface area contributed by atoms with E-state index in [4.69, 9.17) is 9.47 Å². The molecule has 0 N–H and O–H groups in total. The summed E-state index contributed by atoms with van der Waals surface area (Å²) in [5, 5.41) is 0. The highest BCUT2D eigenvalue weighted by atomic mass is 32.2. The van der Waals surface area contributed by atoms with Gasteiger partial charge in [-0.3, -0.25) is 4.79 Å². The number of benzene rings is 2. The van der Waals surface area contributed by atoms with Crippen LogP contribution >= 0.6 is 11.3 Å². The zero-order valence-corrected chi connectivity index (χ0v) is 18.5. The van der Waals surface area contributed by atoms with Crippen molar-refractivity contribution in [2.45, 2.75) is 19.2 Å². The van der Waals surface area contributed by atoms with Gasteiger partial charge in [0.1, 0.15) is 11.5 Å². The second-order valence-electron chi connectivity index (χ2n) is 6.62. The number of ether oxygens (including phenoxy) is 2. The molecule has 9 heteroatoms. The average molecular weight is 449 g/mol. The number of hydrogen-bond donors (Lipinski definition) is 0. The van der Waals surface area contributed by atoms with E-state index in [0.717, 1.165) is 16.0 Å². The molecule has 0 bridgehead atoms. The summed E-state index contributed by atoms with van der Waals surface area (Å²) >= 11 is 1.32. The molecule has 0 aliphatic heterocycles. The van der Waals surface area contributed by atoms with Crippen molar-refractivity contribution in [3.05, 3.63) is 58.9 Å². The van der Waals surface area contributed by atoms with Gasteiger partial charge in [0, 0.05) is 13.7 Å². The maximum atomic E-state index is 12.5. The van der Waals surface area contributed by atoms with Crippen molar-refractivity contribution in [2.24, 2.45) is 4.99 Å². The van der Waals surface area contributed by atoms with Gasteiger partial charge < -0.3 is 14.0 Å². The monoisotopic (exact) mass is 448 g/mol. The predicted molar refractivity (Wildman–Crippen MR) is 117 cm³/mol. The van der Waals surface area contributed by atoms with Crippen LogP contribution in [0.5, 0.6) is 5.75 Å². The quantitative estimate of drug-likeness (QED) is 0.502. The van der Waals surface area contributed by atoms with E-state index in [1.54, 1.807) is 31.4 Å². The van der Waals surface area contributed by atoms with Crippen molar-refractivity contribution in [1.82, 2.24) is 4.57 Å². The Bertz CT molecular complexity index is 1180. The number of nitrogens with zero attached hydrogens (tertiary/aromatic N) is 2. The molecule has 0 atom stereocenters. The van der Waals surface area contributed by atoms with Crippen molar-refractivity contribution in [1.29, 1.82) is 0 Å². The lowest BCUT2D eigenvalue weighted by Crippen LogP contribution is -2.22. The first-order valence-electron chi connectivity index (χ1n) is 9.49. The van der Waals surface area contributed by atoms with Gasteiger partial charge in [-0.15, -0.1) is 0 Å². The Labute approximate surface area is 179 Å². The second-order valence-corrected chi connectivity index (χ2v) is 9.69. The van der Waals surface area contributed by atoms with Crippen LogP contribution in [0.4, 0.5) is 0 Å². The van der Waals surface area contributed by atoms with Gasteiger partial charge in [-0.1, -0.05) is 41.7 Å². The summed E-state index contributed by atoms with van der Waals surface area (Å²) in [4.78, 5) is 17.0. The molecule has 0 radical (unpaired) electrons. The number of methoxy groups -OCH3 is 1. The van der Waals surface area contributed by atoms with Gasteiger partial charge in [0.05, 0.1) is 29.2 Å². The highest BCUT2D eigenvalue weighted by Crippen LogP contribution is 2.23. The molecule has 0 fully saturated rings. The average Bonchev–Trinajstić information content (AvgIpc) is 3.02. The lowest BCUT2D eigenvalue weighted by atomic mass is 10.2. The molecule has 0 aliphatic carbocycles.